The molecule has 0 aliphatic carbocycles. The molecule has 0 radical (unpaired) electrons. The first-order chi connectivity index (χ1) is 17.7. The summed E-state index contributed by atoms with van der Waals surface area (Å²) in [5.41, 5.74) is 3.49. The second kappa shape index (κ2) is 10.3. The minimum atomic E-state index is -3.90. The summed E-state index contributed by atoms with van der Waals surface area (Å²) in [6.45, 7) is 8.46. The molecule has 3 saturated heterocycles. The minimum absolute atomic E-state index is 0.00447. The summed E-state index contributed by atoms with van der Waals surface area (Å²) in [4.78, 5) is 15.2. The van der Waals surface area contributed by atoms with Crippen molar-refractivity contribution in [2.24, 2.45) is 5.92 Å². The van der Waals surface area contributed by atoms with Crippen LogP contribution in [0.3, 0.4) is 0 Å². The van der Waals surface area contributed by atoms with E-state index in [0.29, 0.717) is 64.2 Å². The summed E-state index contributed by atoms with van der Waals surface area (Å²) < 4.78 is 45.9. The van der Waals surface area contributed by atoms with Crippen molar-refractivity contribution in [2.45, 2.75) is 57.1 Å². The quantitative estimate of drug-likeness (QED) is 0.584. The molecule has 0 unspecified atom stereocenters. The smallest absolute Gasteiger partial charge is 0.248 e. The molecule has 1 atom stereocenters. The van der Waals surface area contributed by atoms with Crippen LogP contribution in [0.4, 0.5) is 0 Å². The van der Waals surface area contributed by atoms with Gasteiger partial charge in [-0.25, -0.2) is 8.42 Å². The van der Waals surface area contributed by atoms with Crippen LogP contribution in [0.15, 0.2) is 27.6 Å². The summed E-state index contributed by atoms with van der Waals surface area (Å²) in [6.07, 6.45) is 6.09. The second-order valence-electron chi connectivity index (χ2n) is 10.3. The van der Waals surface area contributed by atoms with Gasteiger partial charge in [-0.2, -0.15) is 4.31 Å². The zero-order chi connectivity index (χ0) is 26.2. The van der Waals surface area contributed by atoms with Crippen LogP contribution in [0.25, 0.3) is 12.2 Å². The number of carbonyl (C=O) groups excluding carboxylic acids is 1. The first-order valence-electron chi connectivity index (χ1n) is 13.0. The molecule has 0 bridgehead atoms. The fourth-order valence-corrected chi connectivity index (χ4v) is 7.28. The number of hydrogen-bond acceptors (Lipinski definition) is 7. The van der Waals surface area contributed by atoms with Gasteiger partial charge in [0.15, 0.2) is 16.4 Å². The number of rotatable bonds is 5. The Kier molecular flexibility index (Phi) is 7.28. The van der Waals surface area contributed by atoms with Crippen molar-refractivity contribution in [1.29, 1.82) is 0 Å². The highest BCUT2D eigenvalue weighted by Crippen LogP contribution is 2.34. The normalized spacial score (nSPS) is 22.8. The molecule has 4 heterocycles. The highest BCUT2D eigenvalue weighted by Gasteiger charge is 2.43. The molecule has 0 N–H and O–H groups in total. The zero-order valence-electron chi connectivity index (χ0n) is 21.7. The van der Waals surface area contributed by atoms with E-state index in [1.807, 2.05) is 43.0 Å². The topological polar surface area (TPSA) is 102 Å². The van der Waals surface area contributed by atoms with Crippen molar-refractivity contribution >= 4 is 28.1 Å². The molecule has 1 aromatic carbocycles. The first kappa shape index (κ1) is 26.1. The Morgan fingerprint density at radius 3 is 2.54 bits per heavy atom. The van der Waals surface area contributed by atoms with Crippen LogP contribution >= 0.6 is 0 Å². The van der Waals surface area contributed by atoms with E-state index in [1.54, 1.807) is 13.0 Å². The Balaban J connectivity index is 1.31. The van der Waals surface area contributed by atoms with E-state index >= 15 is 0 Å². The van der Waals surface area contributed by atoms with Gasteiger partial charge in [0.25, 0.3) is 0 Å². The summed E-state index contributed by atoms with van der Waals surface area (Å²) in [7, 11) is -3.90. The standard InChI is InChI=1S/C27H35N3O6S/c1-19-6-7-20(2)22(17-19)8-9-24-25(21(3)28-36-24)37(32,33)30-12-4-5-23(18-30)26(31)29-13-10-27(11-14-29)34-15-16-35-27/h6-9,17,23H,4-5,10-16,18H2,1-3H3/b9-8+/t23-/m0/s1. The van der Waals surface area contributed by atoms with Gasteiger partial charge < -0.3 is 18.9 Å². The predicted molar refractivity (Wildman–Crippen MR) is 138 cm³/mol. The van der Waals surface area contributed by atoms with Gasteiger partial charge in [0, 0.05) is 39.0 Å². The molecule has 200 valence electrons. The van der Waals surface area contributed by atoms with Gasteiger partial charge in [0.05, 0.1) is 19.1 Å². The van der Waals surface area contributed by atoms with Crippen molar-refractivity contribution < 1.29 is 27.2 Å². The maximum Gasteiger partial charge on any atom is 0.248 e. The van der Waals surface area contributed by atoms with Crippen LogP contribution in [-0.2, 0) is 24.3 Å². The fraction of sp³-hybridized carbons (Fsp3) is 0.556. The maximum absolute atomic E-state index is 13.8. The Bertz CT molecular complexity index is 1290. The van der Waals surface area contributed by atoms with E-state index in [9.17, 15) is 13.2 Å². The van der Waals surface area contributed by atoms with Gasteiger partial charge in [-0.1, -0.05) is 35.0 Å². The van der Waals surface area contributed by atoms with Gasteiger partial charge in [-0.3, -0.25) is 4.79 Å². The number of aryl methyl sites for hydroxylation is 3. The molecule has 0 saturated carbocycles. The number of nitrogens with zero attached hydrogens (tertiary/aromatic N) is 3. The van der Waals surface area contributed by atoms with Gasteiger partial charge >= 0.3 is 0 Å². The average Bonchev–Trinajstić information content (AvgIpc) is 3.51. The summed E-state index contributed by atoms with van der Waals surface area (Å²) in [6, 6.07) is 6.10. The largest absolute Gasteiger partial charge is 0.355 e. The highest BCUT2D eigenvalue weighted by atomic mass is 32.2. The van der Waals surface area contributed by atoms with E-state index in [1.165, 1.54) is 4.31 Å². The number of piperidine rings is 2. The van der Waals surface area contributed by atoms with Gasteiger partial charge in [-0.15, -0.1) is 0 Å². The number of aromatic nitrogens is 1. The minimum Gasteiger partial charge on any atom is -0.355 e. The lowest BCUT2D eigenvalue weighted by atomic mass is 9.96. The third kappa shape index (κ3) is 5.25. The number of ether oxygens (including phenoxy) is 2. The van der Waals surface area contributed by atoms with Crippen LogP contribution in [0, 0.1) is 26.7 Å². The van der Waals surface area contributed by atoms with Crippen molar-refractivity contribution in [3.8, 4) is 0 Å². The molecule has 37 heavy (non-hydrogen) atoms. The SMILES string of the molecule is Cc1ccc(C)c(/C=C/c2onc(C)c2S(=O)(=O)N2CCC[C@H](C(=O)N3CCC4(CC3)OCCO4)C2)c1. The Morgan fingerprint density at radius 1 is 1.08 bits per heavy atom. The van der Waals surface area contributed by atoms with Gasteiger partial charge in [0.2, 0.25) is 15.9 Å². The Morgan fingerprint density at radius 2 is 1.81 bits per heavy atom. The van der Waals surface area contributed by atoms with Crippen LogP contribution in [0.5, 0.6) is 0 Å². The molecule has 10 heteroatoms. The third-order valence-corrected chi connectivity index (χ3v) is 9.69. The van der Waals surface area contributed by atoms with Gasteiger partial charge in [0.1, 0.15) is 5.69 Å². The number of hydrogen-bond donors (Lipinski definition) is 0. The van der Waals surface area contributed by atoms with E-state index in [2.05, 4.69) is 5.16 Å². The Hall–Kier alpha value is -2.53. The lowest BCUT2D eigenvalue weighted by molar-refractivity contribution is -0.188. The lowest BCUT2D eigenvalue weighted by Gasteiger charge is -2.40. The molecule has 1 amide bonds. The summed E-state index contributed by atoms with van der Waals surface area (Å²) in [5.74, 6) is -0.725. The number of sulfonamides is 1. The van der Waals surface area contributed by atoms with Crippen LogP contribution in [0.1, 0.15) is 53.8 Å². The summed E-state index contributed by atoms with van der Waals surface area (Å²) in [5, 5.41) is 3.96. The molecule has 5 rings (SSSR count). The monoisotopic (exact) mass is 529 g/mol. The molecule has 3 aliphatic rings. The maximum atomic E-state index is 13.8. The second-order valence-corrected chi connectivity index (χ2v) is 12.2. The van der Waals surface area contributed by atoms with Crippen LogP contribution < -0.4 is 0 Å². The van der Waals surface area contributed by atoms with Crippen molar-refractivity contribution in [2.75, 3.05) is 39.4 Å². The van der Waals surface area contributed by atoms with E-state index in [0.717, 1.165) is 16.7 Å². The predicted octanol–water partition coefficient (Wildman–Crippen LogP) is 3.54. The molecule has 3 aliphatic heterocycles. The molecule has 9 nitrogen and oxygen atoms in total. The van der Waals surface area contributed by atoms with E-state index < -0.39 is 15.8 Å². The zero-order valence-corrected chi connectivity index (χ0v) is 22.6. The molecule has 2 aromatic rings. The molecule has 1 aromatic heterocycles. The van der Waals surface area contributed by atoms with Crippen molar-refractivity contribution in [3.63, 3.8) is 0 Å². The van der Waals surface area contributed by atoms with Gasteiger partial charge in [-0.05, 0) is 50.8 Å². The average molecular weight is 530 g/mol. The number of benzene rings is 1. The fourth-order valence-electron chi connectivity index (χ4n) is 5.51. The first-order valence-corrected chi connectivity index (χ1v) is 14.4. The molecular weight excluding hydrogens is 494 g/mol. The number of amides is 1. The van der Waals surface area contributed by atoms with Crippen LogP contribution in [-0.4, -0.2) is 73.9 Å². The third-order valence-electron chi connectivity index (χ3n) is 7.66. The van der Waals surface area contributed by atoms with Crippen LogP contribution in [0.2, 0.25) is 0 Å². The van der Waals surface area contributed by atoms with Crippen molar-refractivity contribution in [3.05, 3.63) is 46.3 Å². The molecule has 3 fully saturated rings. The lowest BCUT2D eigenvalue weighted by Crippen LogP contribution is -2.51. The Labute approximate surface area is 218 Å². The van der Waals surface area contributed by atoms with E-state index in [-0.39, 0.29) is 29.0 Å². The number of carbonyl (C=O) groups is 1. The highest BCUT2D eigenvalue weighted by molar-refractivity contribution is 7.89. The van der Waals surface area contributed by atoms with E-state index in [4.69, 9.17) is 14.0 Å². The van der Waals surface area contributed by atoms with Crippen molar-refractivity contribution in [1.82, 2.24) is 14.4 Å². The molecule has 1 spiro atoms. The summed E-state index contributed by atoms with van der Waals surface area (Å²) >= 11 is 0. The number of likely N-dealkylation sites (tertiary alicyclic amines) is 1. The molecular formula is C27H35N3O6S.